The van der Waals surface area contributed by atoms with Gasteiger partial charge in [-0.25, -0.2) is 4.79 Å². The summed E-state index contributed by atoms with van der Waals surface area (Å²) in [4.78, 5) is 15.3. The molecule has 1 saturated carbocycles. The summed E-state index contributed by atoms with van der Waals surface area (Å²) in [6.07, 6.45) is 3.67. The van der Waals surface area contributed by atoms with Gasteiger partial charge in [0.15, 0.2) is 0 Å². The fourth-order valence-corrected chi connectivity index (χ4v) is 1.91. The van der Waals surface area contributed by atoms with Crippen LogP contribution in [0.1, 0.15) is 42.7 Å². The molecule has 0 unspecified atom stereocenters. The SMILES string of the molecule is CCOC(=O)c1noc(CC2(OC)CCC2)n1. The average molecular weight is 240 g/mol. The molecular weight excluding hydrogens is 224 g/mol. The van der Waals surface area contributed by atoms with Gasteiger partial charge in [-0.15, -0.1) is 0 Å². The van der Waals surface area contributed by atoms with Gasteiger partial charge in [0.1, 0.15) is 0 Å². The van der Waals surface area contributed by atoms with Crippen molar-refractivity contribution in [2.45, 2.75) is 38.2 Å². The maximum Gasteiger partial charge on any atom is 0.379 e. The molecular formula is C11H16N2O4. The Morgan fingerprint density at radius 3 is 2.82 bits per heavy atom. The minimum Gasteiger partial charge on any atom is -0.460 e. The lowest BCUT2D eigenvalue weighted by atomic mass is 9.77. The van der Waals surface area contributed by atoms with E-state index in [0.717, 1.165) is 19.3 Å². The van der Waals surface area contributed by atoms with Crippen molar-refractivity contribution in [3.8, 4) is 0 Å². The average Bonchev–Trinajstić information content (AvgIpc) is 2.72. The van der Waals surface area contributed by atoms with Crippen LogP contribution < -0.4 is 0 Å². The van der Waals surface area contributed by atoms with Crippen molar-refractivity contribution < 1.29 is 18.8 Å². The van der Waals surface area contributed by atoms with Crippen LogP contribution in [0.15, 0.2) is 4.52 Å². The molecule has 0 radical (unpaired) electrons. The molecule has 0 atom stereocenters. The number of hydrogen-bond acceptors (Lipinski definition) is 6. The fraction of sp³-hybridized carbons (Fsp3) is 0.727. The Balaban J connectivity index is 2.01. The third-order valence-corrected chi connectivity index (χ3v) is 3.10. The third-order valence-electron chi connectivity index (χ3n) is 3.10. The second kappa shape index (κ2) is 4.83. The second-order valence-electron chi connectivity index (χ2n) is 4.15. The molecule has 0 amide bonds. The summed E-state index contributed by atoms with van der Waals surface area (Å²) in [5.41, 5.74) is -0.182. The number of carbonyl (C=O) groups excluding carboxylic acids is 1. The van der Waals surface area contributed by atoms with Crippen molar-refractivity contribution in [3.63, 3.8) is 0 Å². The van der Waals surface area contributed by atoms with E-state index in [1.165, 1.54) is 0 Å². The van der Waals surface area contributed by atoms with Crippen molar-refractivity contribution in [1.82, 2.24) is 10.1 Å². The van der Waals surface area contributed by atoms with Gasteiger partial charge < -0.3 is 14.0 Å². The van der Waals surface area contributed by atoms with Gasteiger partial charge in [0.05, 0.1) is 18.6 Å². The summed E-state index contributed by atoms with van der Waals surface area (Å²) in [6, 6.07) is 0. The first-order chi connectivity index (χ1) is 8.19. The number of hydrogen-bond donors (Lipinski definition) is 0. The van der Waals surface area contributed by atoms with Gasteiger partial charge in [-0.1, -0.05) is 0 Å². The van der Waals surface area contributed by atoms with Gasteiger partial charge in [-0.05, 0) is 31.3 Å². The molecule has 2 rings (SSSR count). The molecule has 94 valence electrons. The highest BCUT2D eigenvalue weighted by molar-refractivity contribution is 5.84. The maximum atomic E-state index is 11.3. The summed E-state index contributed by atoms with van der Waals surface area (Å²) in [5.74, 6) is -0.149. The van der Waals surface area contributed by atoms with E-state index in [2.05, 4.69) is 10.1 Å². The van der Waals surface area contributed by atoms with Crippen LogP contribution >= 0.6 is 0 Å². The zero-order valence-electron chi connectivity index (χ0n) is 10.1. The molecule has 0 N–H and O–H groups in total. The van der Waals surface area contributed by atoms with Crippen LogP contribution in [0.2, 0.25) is 0 Å². The molecule has 1 fully saturated rings. The molecule has 1 aromatic rings. The monoisotopic (exact) mass is 240 g/mol. The lowest BCUT2D eigenvalue weighted by Crippen LogP contribution is -2.41. The fourth-order valence-electron chi connectivity index (χ4n) is 1.91. The quantitative estimate of drug-likeness (QED) is 0.723. The van der Waals surface area contributed by atoms with Gasteiger partial charge in [0.2, 0.25) is 5.89 Å². The largest absolute Gasteiger partial charge is 0.460 e. The highest BCUT2D eigenvalue weighted by Gasteiger charge is 2.39. The lowest BCUT2D eigenvalue weighted by Gasteiger charge is -2.39. The molecule has 6 heteroatoms. The van der Waals surface area contributed by atoms with Crippen molar-refractivity contribution >= 4 is 5.97 Å². The van der Waals surface area contributed by atoms with E-state index in [-0.39, 0.29) is 11.4 Å². The van der Waals surface area contributed by atoms with Gasteiger partial charge in [0, 0.05) is 7.11 Å². The van der Waals surface area contributed by atoms with Crippen LogP contribution in [-0.4, -0.2) is 35.4 Å². The third kappa shape index (κ3) is 2.46. The summed E-state index contributed by atoms with van der Waals surface area (Å²) >= 11 is 0. The minimum atomic E-state index is -0.553. The molecule has 17 heavy (non-hydrogen) atoms. The van der Waals surface area contributed by atoms with E-state index in [9.17, 15) is 4.79 Å². The van der Waals surface area contributed by atoms with Crippen LogP contribution in [-0.2, 0) is 15.9 Å². The van der Waals surface area contributed by atoms with Gasteiger partial charge in [-0.3, -0.25) is 0 Å². The Kier molecular flexibility index (Phi) is 3.42. The number of nitrogens with zero attached hydrogens (tertiary/aromatic N) is 2. The number of rotatable bonds is 5. The van der Waals surface area contributed by atoms with Crippen LogP contribution in [0, 0.1) is 0 Å². The first-order valence-electron chi connectivity index (χ1n) is 5.74. The Hall–Kier alpha value is -1.43. The molecule has 0 saturated heterocycles. The molecule has 1 aromatic heterocycles. The van der Waals surface area contributed by atoms with Crippen molar-refractivity contribution in [3.05, 3.63) is 11.7 Å². The molecule has 1 heterocycles. The molecule has 0 spiro atoms. The zero-order valence-corrected chi connectivity index (χ0v) is 10.1. The highest BCUT2D eigenvalue weighted by Crippen LogP contribution is 2.37. The molecule has 6 nitrogen and oxygen atoms in total. The first kappa shape index (κ1) is 12.0. The Morgan fingerprint density at radius 2 is 2.29 bits per heavy atom. The predicted octanol–water partition coefficient (Wildman–Crippen LogP) is 1.36. The van der Waals surface area contributed by atoms with Gasteiger partial charge >= 0.3 is 5.97 Å². The number of ether oxygens (including phenoxy) is 2. The molecule has 1 aliphatic carbocycles. The minimum absolute atomic E-state index is 0.0209. The summed E-state index contributed by atoms with van der Waals surface area (Å²) < 4.78 is 15.3. The highest BCUT2D eigenvalue weighted by atomic mass is 16.5. The van der Waals surface area contributed by atoms with E-state index in [1.807, 2.05) is 0 Å². The summed E-state index contributed by atoms with van der Waals surface area (Å²) in [7, 11) is 1.68. The lowest BCUT2D eigenvalue weighted by molar-refractivity contribution is -0.0751. The molecule has 0 aromatic carbocycles. The van der Waals surface area contributed by atoms with E-state index < -0.39 is 5.97 Å². The van der Waals surface area contributed by atoms with E-state index >= 15 is 0 Å². The first-order valence-corrected chi connectivity index (χ1v) is 5.74. The van der Waals surface area contributed by atoms with Gasteiger partial charge in [-0.2, -0.15) is 4.98 Å². The van der Waals surface area contributed by atoms with Crippen molar-refractivity contribution in [2.24, 2.45) is 0 Å². The molecule has 0 bridgehead atoms. The smallest absolute Gasteiger partial charge is 0.379 e. The van der Waals surface area contributed by atoms with E-state index in [0.29, 0.717) is 18.9 Å². The van der Waals surface area contributed by atoms with Crippen LogP contribution in [0.5, 0.6) is 0 Å². The number of esters is 1. The number of methoxy groups -OCH3 is 1. The normalized spacial score (nSPS) is 17.5. The standard InChI is InChI=1S/C11H16N2O4/c1-3-16-10(14)9-12-8(17-13-9)7-11(15-2)5-4-6-11/h3-7H2,1-2H3. The topological polar surface area (TPSA) is 74.5 Å². The summed E-state index contributed by atoms with van der Waals surface area (Å²) in [5, 5.41) is 3.60. The van der Waals surface area contributed by atoms with E-state index in [1.54, 1.807) is 14.0 Å². The second-order valence-corrected chi connectivity index (χ2v) is 4.15. The maximum absolute atomic E-state index is 11.3. The Labute approximate surface area is 99.3 Å². The number of carbonyl (C=O) groups is 1. The van der Waals surface area contributed by atoms with Gasteiger partial charge in [0.25, 0.3) is 5.82 Å². The predicted molar refractivity (Wildman–Crippen MR) is 57.5 cm³/mol. The number of aromatic nitrogens is 2. The summed E-state index contributed by atoms with van der Waals surface area (Å²) in [6.45, 7) is 2.03. The van der Waals surface area contributed by atoms with Crippen LogP contribution in [0.3, 0.4) is 0 Å². The zero-order chi connectivity index (χ0) is 12.3. The van der Waals surface area contributed by atoms with Crippen molar-refractivity contribution in [2.75, 3.05) is 13.7 Å². The Morgan fingerprint density at radius 1 is 1.53 bits per heavy atom. The van der Waals surface area contributed by atoms with Crippen molar-refractivity contribution in [1.29, 1.82) is 0 Å². The van der Waals surface area contributed by atoms with E-state index in [4.69, 9.17) is 14.0 Å². The van der Waals surface area contributed by atoms with Crippen LogP contribution in [0.25, 0.3) is 0 Å². The molecule has 1 aliphatic rings. The molecule has 0 aliphatic heterocycles. The Bertz CT molecular complexity index is 392. The van der Waals surface area contributed by atoms with Crippen LogP contribution in [0.4, 0.5) is 0 Å².